The highest BCUT2D eigenvalue weighted by atomic mass is 19.1. The molecule has 0 radical (unpaired) electrons. The average Bonchev–Trinajstić information content (AvgIpc) is 2.43. The summed E-state index contributed by atoms with van der Waals surface area (Å²) >= 11 is 0. The predicted octanol–water partition coefficient (Wildman–Crippen LogP) is 3.62. The van der Waals surface area contributed by atoms with Crippen LogP contribution in [0.4, 0.5) is 10.1 Å². The summed E-state index contributed by atoms with van der Waals surface area (Å²) < 4.78 is 18.5. The van der Waals surface area contributed by atoms with Gasteiger partial charge in [-0.1, -0.05) is 13.0 Å². The summed E-state index contributed by atoms with van der Waals surface area (Å²) in [6.07, 6.45) is 2.81. The van der Waals surface area contributed by atoms with E-state index in [9.17, 15) is 4.39 Å². The van der Waals surface area contributed by atoms with Crippen LogP contribution in [0.1, 0.15) is 19.0 Å². The van der Waals surface area contributed by atoms with Crippen molar-refractivity contribution in [3.63, 3.8) is 0 Å². The van der Waals surface area contributed by atoms with Gasteiger partial charge in [-0.05, 0) is 30.7 Å². The molecule has 0 aliphatic carbocycles. The van der Waals surface area contributed by atoms with Crippen molar-refractivity contribution in [3.8, 4) is 5.75 Å². The van der Waals surface area contributed by atoms with Crippen LogP contribution in [-0.2, 0) is 6.61 Å². The SMILES string of the molecule is CCCNc1ccnc(COc2cccc(F)c2)c1. The molecule has 4 heteroatoms. The summed E-state index contributed by atoms with van der Waals surface area (Å²) in [6.45, 7) is 3.36. The zero-order valence-corrected chi connectivity index (χ0v) is 10.9. The number of rotatable bonds is 6. The van der Waals surface area contributed by atoms with E-state index in [1.807, 2.05) is 12.1 Å². The molecular formula is C15H17FN2O. The molecular weight excluding hydrogens is 243 g/mol. The van der Waals surface area contributed by atoms with Crippen LogP contribution < -0.4 is 10.1 Å². The standard InChI is InChI=1S/C15H17FN2O/c1-2-7-17-13-6-8-18-14(10-13)11-19-15-5-3-4-12(16)9-15/h3-6,8-10H,2,7,11H2,1H3,(H,17,18). The van der Waals surface area contributed by atoms with Crippen LogP contribution in [0.25, 0.3) is 0 Å². The van der Waals surface area contributed by atoms with Gasteiger partial charge in [-0.2, -0.15) is 0 Å². The first kappa shape index (κ1) is 13.3. The third-order valence-electron chi connectivity index (χ3n) is 2.58. The topological polar surface area (TPSA) is 34.2 Å². The molecule has 0 saturated carbocycles. The molecule has 0 bridgehead atoms. The first-order valence-electron chi connectivity index (χ1n) is 6.35. The van der Waals surface area contributed by atoms with Gasteiger partial charge >= 0.3 is 0 Å². The van der Waals surface area contributed by atoms with Crippen molar-refractivity contribution in [2.24, 2.45) is 0 Å². The normalized spacial score (nSPS) is 10.2. The summed E-state index contributed by atoms with van der Waals surface area (Å²) in [5.74, 6) is 0.206. The number of anilines is 1. The van der Waals surface area contributed by atoms with Crippen molar-refractivity contribution in [1.82, 2.24) is 4.98 Å². The predicted molar refractivity (Wildman–Crippen MR) is 73.7 cm³/mol. The van der Waals surface area contributed by atoms with Crippen LogP contribution in [0.5, 0.6) is 5.75 Å². The molecule has 0 amide bonds. The first-order chi connectivity index (χ1) is 9.28. The molecule has 1 aromatic heterocycles. The van der Waals surface area contributed by atoms with E-state index in [0.717, 1.165) is 24.3 Å². The second-order valence-electron chi connectivity index (χ2n) is 4.21. The largest absolute Gasteiger partial charge is 0.487 e. The van der Waals surface area contributed by atoms with E-state index in [2.05, 4.69) is 17.2 Å². The van der Waals surface area contributed by atoms with Crippen molar-refractivity contribution in [1.29, 1.82) is 0 Å². The van der Waals surface area contributed by atoms with Gasteiger partial charge in [0.1, 0.15) is 18.2 Å². The fourth-order valence-corrected chi connectivity index (χ4v) is 1.65. The van der Waals surface area contributed by atoms with Crippen LogP contribution in [0, 0.1) is 5.82 Å². The minimum atomic E-state index is -0.302. The Morgan fingerprint density at radius 3 is 2.95 bits per heavy atom. The molecule has 0 unspecified atom stereocenters. The zero-order chi connectivity index (χ0) is 13.5. The van der Waals surface area contributed by atoms with Crippen LogP contribution in [0.3, 0.4) is 0 Å². The molecule has 1 heterocycles. The Balaban J connectivity index is 1.95. The molecule has 0 aliphatic heterocycles. The van der Waals surface area contributed by atoms with E-state index >= 15 is 0 Å². The van der Waals surface area contributed by atoms with Gasteiger partial charge in [0.15, 0.2) is 0 Å². The van der Waals surface area contributed by atoms with Gasteiger partial charge in [-0.3, -0.25) is 4.98 Å². The molecule has 2 rings (SSSR count). The Kier molecular flexibility index (Phi) is 4.72. The fraction of sp³-hybridized carbons (Fsp3) is 0.267. The minimum Gasteiger partial charge on any atom is -0.487 e. The second-order valence-corrected chi connectivity index (χ2v) is 4.21. The summed E-state index contributed by atoms with van der Waals surface area (Å²) in [7, 11) is 0. The fourth-order valence-electron chi connectivity index (χ4n) is 1.65. The van der Waals surface area contributed by atoms with Crippen molar-refractivity contribution < 1.29 is 9.13 Å². The van der Waals surface area contributed by atoms with E-state index in [1.54, 1.807) is 18.3 Å². The summed E-state index contributed by atoms with van der Waals surface area (Å²) in [4.78, 5) is 4.23. The lowest BCUT2D eigenvalue weighted by molar-refractivity contribution is 0.300. The number of hydrogen-bond donors (Lipinski definition) is 1. The number of aromatic nitrogens is 1. The lowest BCUT2D eigenvalue weighted by Gasteiger charge is -2.08. The summed E-state index contributed by atoms with van der Waals surface area (Å²) in [6, 6.07) is 9.95. The van der Waals surface area contributed by atoms with E-state index in [1.165, 1.54) is 12.1 Å². The summed E-state index contributed by atoms with van der Waals surface area (Å²) in [5, 5.41) is 3.29. The molecule has 1 N–H and O–H groups in total. The van der Waals surface area contributed by atoms with Crippen molar-refractivity contribution in [2.45, 2.75) is 20.0 Å². The minimum absolute atomic E-state index is 0.302. The van der Waals surface area contributed by atoms with Gasteiger partial charge in [-0.15, -0.1) is 0 Å². The highest BCUT2D eigenvalue weighted by molar-refractivity contribution is 5.43. The highest BCUT2D eigenvalue weighted by Gasteiger charge is 2.00. The number of ether oxygens (including phenoxy) is 1. The Morgan fingerprint density at radius 2 is 2.16 bits per heavy atom. The van der Waals surface area contributed by atoms with E-state index in [-0.39, 0.29) is 5.82 Å². The Bertz CT molecular complexity index is 531. The van der Waals surface area contributed by atoms with Crippen molar-refractivity contribution in [3.05, 3.63) is 54.1 Å². The average molecular weight is 260 g/mol. The van der Waals surface area contributed by atoms with Gasteiger partial charge < -0.3 is 10.1 Å². The van der Waals surface area contributed by atoms with E-state index in [4.69, 9.17) is 4.74 Å². The molecule has 3 nitrogen and oxygen atoms in total. The number of nitrogens with one attached hydrogen (secondary N) is 1. The van der Waals surface area contributed by atoms with Crippen LogP contribution >= 0.6 is 0 Å². The molecule has 0 spiro atoms. The van der Waals surface area contributed by atoms with Gasteiger partial charge in [-0.25, -0.2) is 4.39 Å². The van der Waals surface area contributed by atoms with E-state index in [0.29, 0.717) is 12.4 Å². The van der Waals surface area contributed by atoms with Gasteiger partial charge in [0, 0.05) is 24.5 Å². The van der Waals surface area contributed by atoms with Gasteiger partial charge in [0.25, 0.3) is 0 Å². The zero-order valence-electron chi connectivity index (χ0n) is 10.9. The molecule has 0 atom stereocenters. The van der Waals surface area contributed by atoms with Crippen LogP contribution in [0.2, 0.25) is 0 Å². The van der Waals surface area contributed by atoms with Crippen LogP contribution in [0.15, 0.2) is 42.6 Å². The molecule has 0 saturated heterocycles. The maximum absolute atomic E-state index is 13.0. The molecule has 0 aliphatic rings. The van der Waals surface area contributed by atoms with Crippen molar-refractivity contribution in [2.75, 3.05) is 11.9 Å². The van der Waals surface area contributed by atoms with Gasteiger partial charge in [0.2, 0.25) is 0 Å². The molecule has 2 aromatic rings. The number of benzene rings is 1. The molecule has 0 fully saturated rings. The number of nitrogens with zero attached hydrogens (tertiary/aromatic N) is 1. The molecule has 100 valence electrons. The molecule has 19 heavy (non-hydrogen) atoms. The lowest BCUT2D eigenvalue weighted by Crippen LogP contribution is -2.03. The third-order valence-corrected chi connectivity index (χ3v) is 2.58. The lowest BCUT2D eigenvalue weighted by atomic mass is 10.3. The first-order valence-corrected chi connectivity index (χ1v) is 6.35. The highest BCUT2D eigenvalue weighted by Crippen LogP contribution is 2.15. The van der Waals surface area contributed by atoms with Gasteiger partial charge in [0.05, 0.1) is 5.69 Å². The number of hydrogen-bond acceptors (Lipinski definition) is 3. The smallest absolute Gasteiger partial charge is 0.130 e. The van der Waals surface area contributed by atoms with E-state index < -0.39 is 0 Å². The Labute approximate surface area is 112 Å². The van der Waals surface area contributed by atoms with Crippen molar-refractivity contribution >= 4 is 5.69 Å². The number of halogens is 1. The maximum Gasteiger partial charge on any atom is 0.130 e. The number of pyridine rings is 1. The Hall–Kier alpha value is -2.10. The quantitative estimate of drug-likeness (QED) is 0.861. The maximum atomic E-state index is 13.0. The monoisotopic (exact) mass is 260 g/mol. The second kappa shape index (κ2) is 6.73. The Morgan fingerprint density at radius 1 is 1.26 bits per heavy atom. The molecule has 1 aromatic carbocycles. The van der Waals surface area contributed by atoms with Crippen LogP contribution in [-0.4, -0.2) is 11.5 Å². The summed E-state index contributed by atoms with van der Waals surface area (Å²) in [5.41, 5.74) is 1.83. The third kappa shape index (κ3) is 4.25.